The molecule has 2 unspecified atom stereocenters. The van der Waals surface area contributed by atoms with Crippen LogP contribution in [0.3, 0.4) is 0 Å². The molecule has 0 radical (unpaired) electrons. The summed E-state index contributed by atoms with van der Waals surface area (Å²) in [6.45, 7) is 5.23. The molecule has 2 atom stereocenters. The van der Waals surface area contributed by atoms with Crippen LogP contribution in [0.1, 0.15) is 46.0 Å². The van der Waals surface area contributed by atoms with Crippen molar-refractivity contribution in [1.29, 1.82) is 0 Å². The van der Waals surface area contributed by atoms with Gasteiger partial charge in [0.05, 0.1) is 12.2 Å². The van der Waals surface area contributed by atoms with E-state index in [-0.39, 0.29) is 12.2 Å². The van der Waals surface area contributed by atoms with Gasteiger partial charge in [0.2, 0.25) is 5.91 Å². The van der Waals surface area contributed by atoms with Crippen molar-refractivity contribution in [3.8, 4) is 0 Å². The van der Waals surface area contributed by atoms with Gasteiger partial charge in [-0.05, 0) is 31.3 Å². The minimum atomic E-state index is 0.0748. The largest absolute Gasteiger partial charge is 0.326 e. The van der Waals surface area contributed by atoms with E-state index >= 15 is 0 Å². The van der Waals surface area contributed by atoms with E-state index in [4.69, 9.17) is 0 Å². The topological polar surface area (TPSA) is 32.3 Å². The first-order valence-electron chi connectivity index (χ1n) is 6.80. The number of nitrogens with zero attached hydrogens (tertiary/aromatic N) is 1. The lowest BCUT2D eigenvalue weighted by molar-refractivity contribution is -0.130. The number of carbonyl (C=O) groups is 1. The van der Waals surface area contributed by atoms with Crippen molar-refractivity contribution in [2.45, 2.75) is 58.2 Å². The van der Waals surface area contributed by atoms with Gasteiger partial charge in [0.15, 0.2) is 0 Å². The van der Waals surface area contributed by atoms with Gasteiger partial charge in [-0.3, -0.25) is 10.1 Å². The van der Waals surface area contributed by atoms with Gasteiger partial charge in [-0.25, -0.2) is 0 Å². The van der Waals surface area contributed by atoms with Gasteiger partial charge >= 0.3 is 0 Å². The summed E-state index contributed by atoms with van der Waals surface area (Å²) in [5, 5.41) is 3.49. The molecule has 0 aromatic carbocycles. The van der Waals surface area contributed by atoms with Crippen LogP contribution in [-0.2, 0) is 4.79 Å². The maximum atomic E-state index is 12.2. The van der Waals surface area contributed by atoms with Gasteiger partial charge in [0.1, 0.15) is 0 Å². The first-order valence-corrected chi connectivity index (χ1v) is 8.19. The van der Waals surface area contributed by atoms with E-state index in [1.54, 1.807) is 0 Å². The van der Waals surface area contributed by atoms with E-state index in [1.807, 2.05) is 11.8 Å². The highest BCUT2D eigenvalue weighted by Crippen LogP contribution is 2.18. The third-order valence-corrected chi connectivity index (χ3v) is 3.93. The first kappa shape index (κ1) is 14.8. The molecule has 0 aromatic rings. The van der Waals surface area contributed by atoms with E-state index in [0.29, 0.717) is 5.91 Å². The zero-order valence-corrected chi connectivity index (χ0v) is 12.2. The molecule has 4 heteroatoms. The summed E-state index contributed by atoms with van der Waals surface area (Å²) in [5.74, 6) is 1.47. The molecule has 3 nitrogen and oxygen atoms in total. The molecule has 1 N–H and O–H groups in total. The Kier molecular flexibility index (Phi) is 6.97. The van der Waals surface area contributed by atoms with Crippen molar-refractivity contribution in [1.82, 2.24) is 10.2 Å². The molecular formula is C13H26N2OS. The number of amides is 1. The molecule has 1 heterocycles. The van der Waals surface area contributed by atoms with Crippen molar-refractivity contribution in [2.24, 2.45) is 0 Å². The molecule has 1 saturated heterocycles. The highest BCUT2D eigenvalue weighted by atomic mass is 32.2. The lowest BCUT2D eigenvalue weighted by Gasteiger charge is -2.23. The first-order chi connectivity index (χ1) is 8.24. The smallest absolute Gasteiger partial charge is 0.241 e. The summed E-state index contributed by atoms with van der Waals surface area (Å²) in [6.07, 6.45) is 7.75. The molecule has 17 heavy (non-hydrogen) atoms. The standard InChI is InChI=1S/C13H26N2OS/c1-4-7-11-13(16)15(9-6-10-17-3)12(14-11)8-5-2/h11-12,14H,4-10H2,1-3H3. The Morgan fingerprint density at radius 3 is 2.59 bits per heavy atom. The highest BCUT2D eigenvalue weighted by Gasteiger charge is 2.36. The molecule has 1 aliphatic rings. The molecule has 0 aromatic heterocycles. The van der Waals surface area contributed by atoms with Crippen LogP contribution in [0.15, 0.2) is 0 Å². The molecule has 0 saturated carbocycles. The number of hydrogen-bond donors (Lipinski definition) is 1. The fraction of sp³-hybridized carbons (Fsp3) is 0.923. The summed E-state index contributed by atoms with van der Waals surface area (Å²) in [6, 6.07) is 0.0748. The Labute approximate surface area is 110 Å². The van der Waals surface area contributed by atoms with Crippen LogP contribution < -0.4 is 5.32 Å². The van der Waals surface area contributed by atoms with Crippen LogP contribution >= 0.6 is 11.8 Å². The SMILES string of the molecule is CCCC1NC(CCC)N(CCCSC)C1=O. The quantitative estimate of drug-likeness (QED) is 0.679. The minimum Gasteiger partial charge on any atom is -0.326 e. The average Bonchev–Trinajstić information content (AvgIpc) is 2.59. The zero-order chi connectivity index (χ0) is 12.7. The van der Waals surface area contributed by atoms with Crippen molar-refractivity contribution in [3.63, 3.8) is 0 Å². The van der Waals surface area contributed by atoms with Crippen molar-refractivity contribution in [3.05, 3.63) is 0 Å². The lowest BCUT2D eigenvalue weighted by atomic mass is 10.2. The lowest BCUT2D eigenvalue weighted by Crippen LogP contribution is -2.38. The van der Waals surface area contributed by atoms with Gasteiger partial charge < -0.3 is 4.90 Å². The van der Waals surface area contributed by atoms with Crippen molar-refractivity contribution in [2.75, 3.05) is 18.6 Å². The predicted octanol–water partition coefficient (Wildman–Crippen LogP) is 2.47. The number of nitrogens with one attached hydrogen (secondary N) is 1. The number of thioether (sulfide) groups is 1. The molecule has 0 bridgehead atoms. The Hall–Kier alpha value is -0.220. The van der Waals surface area contributed by atoms with Gasteiger partial charge in [0.25, 0.3) is 0 Å². The van der Waals surface area contributed by atoms with E-state index in [0.717, 1.165) is 44.4 Å². The van der Waals surface area contributed by atoms with Gasteiger partial charge in [0, 0.05) is 6.54 Å². The Bertz CT molecular complexity index is 235. The number of hydrogen-bond acceptors (Lipinski definition) is 3. The number of carbonyl (C=O) groups excluding carboxylic acids is 1. The third-order valence-electron chi connectivity index (χ3n) is 3.24. The molecule has 0 aliphatic carbocycles. The summed E-state index contributed by atoms with van der Waals surface area (Å²) in [5.41, 5.74) is 0. The van der Waals surface area contributed by atoms with Gasteiger partial charge in [-0.15, -0.1) is 0 Å². The maximum Gasteiger partial charge on any atom is 0.241 e. The minimum absolute atomic E-state index is 0.0748. The fourth-order valence-electron chi connectivity index (χ4n) is 2.40. The summed E-state index contributed by atoms with van der Waals surface area (Å²) in [4.78, 5) is 14.3. The monoisotopic (exact) mass is 258 g/mol. The van der Waals surface area contributed by atoms with Crippen LogP contribution in [-0.4, -0.2) is 41.6 Å². The second kappa shape index (κ2) is 7.98. The molecule has 1 rings (SSSR count). The third kappa shape index (κ3) is 4.18. The highest BCUT2D eigenvalue weighted by molar-refractivity contribution is 7.98. The van der Waals surface area contributed by atoms with Crippen molar-refractivity contribution < 1.29 is 4.79 Å². The van der Waals surface area contributed by atoms with Gasteiger partial charge in [-0.2, -0.15) is 11.8 Å². The zero-order valence-electron chi connectivity index (χ0n) is 11.4. The van der Waals surface area contributed by atoms with Crippen LogP contribution in [0.2, 0.25) is 0 Å². The Balaban J connectivity index is 2.52. The maximum absolute atomic E-state index is 12.2. The molecule has 1 amide bonds. The second-order valence-electron chi connectivity index (χ2n) is 4.69. The average molecular weight is 258 g/mol. The molecule has 0 spiro atoms. The Morgan fingerprint density at radius 1 is 1.29 bits per heavy atom. The van der Waals surface area contributed by atoms with Gasteiger partial charge in [-0.1, -0.05) is 26.7 Å². The molecular weight excluding hydrogens is 232 g/mol. The molecule has 1 fully saturated rings. The van der Waals surface area contributed by atoms with E-state index in [1.165, 1.54) is 0 Å². The molecule has 1 aliphatic heterocycles. The normalized spacial score (nSPS) is 24.6. The van der Waals surface area contributed by atoms with E-state index < -0.39 is 0 Å². The fourth-order valence-corrected chi connectivity index (χ4v) is 2.82. The van der Waals surface area contributed by atoms with Crippen LogP contribution in [0, 0.1) is 0 Å². The van der Waals surface area contributed by atoms with Crippen molar-refractivity contribution >= 4 is 17.7 Å². The Morgan fingerprint density at radius 2 is 2.00 bits per heavy atom. The summed E-state index contributed by atoms with van der Waals surface area (Å²) in [7, 11) is 0. The molecule has 100 valence electrons. The van der Waals surface area contributed by atoms with Crippen LogP contribution in [0.4, 0.5) is 0 Å². The van der Waals surface area contributed by atoms with E-state index in [2.05, 4.69) is 30.3 Å². The second-order valence-corrected chi connectivity index (χ2v) is 5.68. The van der Waals surface area contributed by atoms with Crippen LogP contribution in [0.5, 0.6) is 0 Å². The van der Waals surface area contributed by atoms with Crippen LogP contribution in [0.25, 0.3) is 0 Å². The van der Waals surface area contributed by atoms with E-state index in [9.17, 15) is 4.79 Å². The number of rotatable bonds is 8. The summed E-state index contributed by atoms with van der Waals surface area (Å²) >= 11 is 1.85. The summed E-state index contributed by atoms with van der Waals surface area (Å²) < 4.78 is 0. The predicted molar refractivity (Wildman–Crippen MR) is 75.2 cm³/mol.